The molecule has 6 heteroatoms. The maximum Gasteiger partial charge on any atom is 0.272 e. The molecule has 0 aliphatic carbocycles. The molecule has 2 aromatic carbocycles. The molecule has 2 amide bonds. The summed E-state index contributed by atoms with van der Waals surface area (Å²) in [6.45, 7) is 4.56. The summed E-state index contributed by atoms with van der Waals surface area (Å²) in [5.41, 5.74) is 1.22. The summed E-state index contributed by atoms with van der Waals surface area (Å²) < 4.78 is 19.2. The highest BCUT2D eigenvalue weighted by atomic mass is 32.2. The minimum Gasteiger partial charge on any atom is -0.494 e. The Morgan fingerprint density at radius 2 is 1.78 bits per heavy atom. The lowest BCUT2D eigenvalue weighted by atomic mass is 10.1. The molecule has 4 nitrogen and oxygen atoms in total. The number of carbonyl (C=O) groups is 2. The van der Waals surface area contributed by atoms with Gasteiger partial charge in [-0.2, -0.15) is 0 Å². The molecule has 0 unspecified atom stereocenters. The number of nitrogens with zero attached hydrogens (tertiary/aromatic N) is 1. The fourth-order valence-corrected chi connectivity index (χ4v) is 3.68. The zero-order valence-electron chi connectivity index (χ0n) is 15.2. The average molecular weight is 385 g/mol. The van der Waals surface area contributed by atoms with Gasteiger partial charge in [-0.25, -0.2) is 9.29 Å². The SMILES string of the molecule is CCCOc1ccc(C2=C(SCC)C(=O)N(c3cccc(F)c3)C2=O)cc1. The maximum absolute atomic E-state index is 13.6. The molecular formula is C21H20FNO3S. The van der Waals surface area contributed by atoms with Crippen molar-refractivity contribution in [3.05, 3.63) is 64.8 Å². The van der Waals surface area contributed by atoms with Gasteiger partial charge in [-0.3, -0.25) is 9.59 Å². The van der Waals surface area contributed by atoms with Crippen LogP contribution in [0.2, 0.25) is 0 Å². The number of imide groups is 1. The second-order valence-corrected chi connectivity index (χ2v) is 7.21. The van der Waals surface area contributed by atoms with Gasteiger partial charge in [-0.05, 0) is 48.1 Å². The first-order chi connectivity index (χ1) is 13.1. The first kappa shape index (κ1) is 19.2. The van der Waals surface area contributed by atoms with Crippen LogP contribution >= 0.6 is 11.8 Å². The van der Waals surface area contributed by atoms with Gasteiger partial charge in [-0.15, -0.1) is 11.8 Å². The Morgan fingerprint density at radius 1 is 1.04 bits per heavy atom. The second-order valence-electron chi connectivity index (χ2n) is 5.94. The van der Waals surface area contributed by atoms with Crippen molar-refractivity contribution in [3.8, 4) is 5.75 Å². The van der Waals surface area contributed by atoms with Crippen LogP contribution in [0.25, 0.3) is 5.57 Å². The molecule has 0 saturated carbocycles. The van der Waals surface area contributed by atoms with Crippen molar-refractivity contribution in [1.82, 2.24) is 0 Å². The van der Waals surface area contributed by atoms with Crippen LogP contribution in [0.15, 0.2) is 53.4 Å². The molecule has 0 saturated heterocycles. The van der Waals surface area contributed by atoms with Crippen LogP contribution in [0.3, 0.4) is 0 Å². The summed E-state index contributed by atoms with van der Waals surface area (Å²) >= 11 is 1.32. The van der Waals surface area contributed by atoms with Gasteiger partial charge < -0.3 is 4.74 Å². The standard InChI is InChI=1S/C21H20FNO3S/c1-3-12-26-17-10-8-14(9-11-17)18-19(27-4-2)21(25)23(20(18)24)16-7-5-6-15(22)13-16/h5-11,13H,3-4,12H2,1-2H3. The summed E-state index contributed by atoms with van der Waals surface area (Å²) in [7, 11) is 0. The van der Waals surface area contributed by atoms with E-state index in [0.29, 0.717) is 34.2 Å². The highest BCUT2D eigenvalue weighted by Crippen LogP contribution is 2.38. The van der Waals surface area contributed by atoms with Crippen molar-refractivity contribution in [1.29, 1.82) is 0 Å². The summed E-state index contributed by atoms with van der Waals surface area (Å²) in [4.78, 5) is 27.4. The van der Waals surface area contributed by atoms with E-state index < -0.39 is 17.6 Å². The predicted molar refractivity (Wildman–Crippen MR) is 106 cm³/mol. The quantitative estimate of drug-likeness (QED) is 0.651. The van der Waals surface area contributed by atoms with Crippen molar-refractivity contribution in [2.45, 2.75) is 20.3 Å². The van der Waals surface area contributed by atoms with E-state index in [1.165, 1.54) is 30.0 Å². The van der Waals surface area contributed by atoms with Crippen LogP contribution in [-0.2, 0) is 9.59 Å². The van der Waals surface area contributed by atoms with Gasteiger partial charge in [0, 0.05) is 0 Å². The van der Waals surface area contributed by atoms with E-state index in [1.54, 1.807) is 30.3 Å². The van der Waals surface area contributed by atoms with Gasteiger partial charge in [0.2, 0.25) is 0 Å². The number of anilines is 1. The number of amides is 2. The van der Waals surface area contributed by atoms with E-state index in [0.717, 1.165) is 11.3 Å². The number of hydrogen-bond acceptors (Lipinski definition) is 4. The number of thioether (sulfide) groups is 1. The lowest BCUT2D eigenvalue weighted by Crippen LogP contribution is -2.31. The fraction of sp³-hybridized carbons (Fsp3) is 0.238. The summed E-state index contributed by atoms with van der Waals surface area (Å²) in [6.07, 6.45) is 0.903. The first-order valence-electron chi connectivity index (χ1n) is 8.81. The van der Waals surface area contributed by atoms with Gasteiger partial charge >= 0.3 is 0 Å². The van der Waals surface area contributed by atoms with E-state index in [9.17, 15) is 14.0 Å². The van der Waals surface area contributed by atoms with Crippen LogP contribution in [0.5, 0.6) is 5.75 Å². The molecule has 0 radical (unpaired) electrons. The van der Waals surface area contributed by atoms with E-state index in [4.69, 9.17) is 4.74 Å². The van der Waals surface area contributed by atoms with E-state index in [1.807, 2.05) is 13.8 Å². The van der Waals surface area contributed by atoms with Crippen molar-refractivity contribution < 1.29 is 18.7 Å². The molecule has 140 valence electrons. The Morgan fingerprint density at radius 3 is 2.41 bits per heavy atom. The minimum atomic E-state index is -0.497. The summed E-state index contributed by atoms with van der Waals surface area (Å²) in [5, 5.41) is 0. The van der Waals surface area contributed by atoms with E-state index >= 15 is 0 Å². The van der Waals surface area contributed by atoms with Gasteiger partial charge in [0.25, 0.3) is 11.8 Å². The number of benzene rings is 2. The number of carbonyl (C=O) groups excluding carboxylic acids is 2. The van der Waals surface area contributed by atoms with Crippen LogP contribution < -0.4 is 9.64 Å². The zero-order valence-corrected chi connectivity index (χ0v) is 16.0. The molecular weight excluding hydrogens is 365 g/mol. The molecule has 0 bridgehead atoms. The molecule has 0 atom stereocenters. The van der Waals surface area contributed by atoms with Gasteiger partial charge in [-0.1, -0.05) is 32.0 Å². The lowest BCUT2D eigenvalue weighted by molar-refractivity contribution is -0.119. The zero-order chi connectivity index (χ0) is 19.4. The monoisotopic (exact) mass is 385 g/mol. The van der Waals surface area contributed by atoms with Gasteiger partial charge in [0.05, 0.1) is 22.8 Å². The number of halogens is 1. The molecule has 0 aromatic heterocycles. The first-order valence-corrected chi connectivity index (χ1v) is 9.80. The highest BCUT2D eigenvalue weighted by molar-refractivity contribution is 8.04. The third-order valence-electron chi connectivity index (χ3n) is 4.01. The molecule has 0 spiro atoms. The van der Waals surface area contributed by atoms with E-state index in [-0.39, 0.29) is 5.69 Å². The smallest absolute Gasteiger partial charge is 0.272 e. The number of hydrogen-bond donors (Lipinski definition) is 0. The molecule has 3 rings (SSSR count). The minimum absolute atomic E-state index is 0.233. The lowest BCUT2D eigenvalue weighted by Gasteiger charge is -2.15. The molecule has 2 aromatic rings. The van der Waals surface area contributed by atoms with E-state index in [2.05, 4.69) is 0 Å². The van der Waals surface area contributed by atoms with Crippen LogP contribution in [-0.4, -0.2) is 24.2 Å². The second kappa shape index (κ2) is 8.39. The van der Waals surface area contributed by atoms with Crippen LogP contribution in [0.4, 0.5) is 10.1 Å². The third kappa shape index (κ3) is 3.90. The van der Waals surface area contributed by atoms with Crippen molar-refractivity contribution >= 4 is 34.8 Å². The molecule has 1 aliphatic heterocycles. The Kier molecular flexibility index (Phi) is 5.96. The van der Waals surface area contributed by atoms with Crippen molar-refractivity contribution in [2.75, 3.05) is 17.3 Å². The van der Waals surface area contributed by atoms with Crippen molar-refractivity contribution in [2.24, 2.45) is 0 Å². The molecule has 0 fully saturated rings. The summed E-state index contributed by atoms with van der Waals surface area (Å²) in [5.74, 6) is 0.00265. The Labute approximate surface area is 162 Å². The highest BCUT2D eigenvalue weighted by Gasteiger charge is 2.40. The Bertz CT molecular complexity index is 893. The molecule has 27 heavy (non-hydrogen) atoms. The maximum atomic E-state index is 13.6. The predicted octanol–water partition coefficient (Wildman–Crippen LogP) is 4.65. The summed E-state index contributed by atoms with van der Waals surface area (Å²) in [6, 6.07) is 12.6. The molecule has 0 N–H and O–H groups in total. The Hall–Kier alpha value is -2.60. The number of ether oxygens (including phenoxy) is 1. The molecule has 1 heterocycles. The normalized spacial score (nSPS) is 14.3. The topological polar surface area (TPSA) is 46.6 Å². The largest absolute Gasteiger partial charge is 0.494 e. The molecule has 1 aliphatic rings. The van der Waals surface area contributed by atoms with Crippen LogP contribution in [0, 0.1) is 5.82 Å². The van der Waals surface area contributed by atoms with Gasteiger partial charge in [0.15, 0.2) is 0 Å². The van der Waals surface area contributed by atoms with Crippen molar-refractivity contribution in [3.63, 3.8) is 0 Å². The average Bonchev–Trinajstić information content (AvgIpc) is 2.91. The van der Waals surface area contributed by atoms with Crippen LogP contribution in [0.1, 0.15) is 25.8 Å². The Balaban J connectivity index is 1.98. The van der Waals surface area contributed by atoms with Gasteiger partial charge in [0.1, 0.15) is 11.6 Å². The third-order valence-corrected chi connectivity index (χ3v) is 4.97. The number of rotatable bonds is 7. The fourth-order valence-electron chi connectivity index (χ4n) is 2.83.